The molecular weight excluding hydrogens is 171 g/mol. The van der Waals surface area contributed by atoms with Gasteiger partial charge < -0.3 is 5.11 Å². The molecule has 0 saturated carbocycles. The van der Waals surface area contributed by atoms with E-state index in [9.17, 15) is 4.39 Å². The summed E-state index contributed by atoms with van der Waals surface area (Å²) in [5, 5.41) is 12.9. The second-order valence-corrected chi connectivity index (χ2v) is 3.61. The van der Waals surface area contributed by atoms with Gasteiger partial charge in [0.15, 0.2) is 5.06 Å². The van der Waals surface area contributed by atoms with E-state index in [2.05, 4.69) is 0 Å². The summed E-state index contributed by atoms with van der Waals surface area (Å²) in [6.07, 6.45) is 0. The summed E-state index contributed by atoms with van der Waals surface area (Å²) in [7, 11) is 0. The molecule has 4 heteroatoms. The normalized spacial score (nSPS) is 10.9. The quantitative estimate of drug-likeness (QED) is 0.651. The predicted molar refractivity (Wildman–Crippen MR) is 41.3 cm³/mol. The molecule has 0 amide bonds. The fourth-order valence-electron chi connectivity index (χ4n) is 0.790. The lowest BCUT2D eigenvalue weighted by Crippen LogP contribution is -1.57. The second kappa shape index (κ2) is 1.93. The highest BCUT2D eigenvalue weighted by Gasteiger charge is 2.08. The lowest BCUT2D eigenvalue weighted by atomic mass is 10.4. The van der Waals surface area contributed by atoms with Crippen LogP contribution in [0.5, 0.6) is 5.06 Å². The van der Waals surface area contributed by atoms with Crippen LogP contribution in [0.1, 0.15) is 0 Å². The van der Waals surface area contributed by atoms with Gasteiger partial charge in [0.1, 0.15) is 5.82 Å². The van der Waals surface area contributed by atoms with Crippen LogP contribution in [0.3, 0.4) is 0 Å². The molecule has 1 nitrogen and oxygen atoms in total. The third-order valence-corrected chi connectivity index (χ3v) is 3.15. The lowest BCUT2D eigenvalue weighted by molar-refractivity contribution is 0.497. The smallest absolute Gasteiger partial charge is 0.189 e. The first kappa shape index (κ1) is 6.12. The molecule has 10 heavy (non-hydrogen) atoms. The van der Waals surface area contributed by atoms with E-state index >= 15 is 0 Å². The molecule has 0 saturated heterocycles. The Hall–Kier alpha value is -0.610. The Bertz CT molecular complexity index is 327. The van der Waals surface area contributed by atoms with Gasteiger partial charge >= 0.3 is 0 Å². The summed E-state index contributed by atoms with van der Waals surface area (Å²) >= 11 is 2.40. The molecule has 0 bridgehead atoms. The van der Waals surface area contributed by atoms with Gasteiger partial charge in [0, 0.05) is 16.1 Å². The molecule has 2 aromatic heterocycles. The first-order valence-electron chi connectivity index (χ1n) is 2.62. The fourth-order valence-corrected chi connectivity index (χ4v) is 2.56. The lowest BCUT2D eigenvalue weighted by Gasteiger charge is -1.75. The minimum atomic E-state index is -0.239. The maximum atomic E-state index is 12.7. The van der Waals surface area contributed by atoms with Crippen molar-refractivity contribution in [1.29, 1.82) is 0 Å². The monoisotopic (exact) mass is 174 g/mol. The molecule has 1 N–H and O–H groups in total. The van der Waals surface area contributed by atoms with E-state index in [1.54, 1.807) is 5.38 Å². The molecule has 0 fully saturated rings. The van der Waals surface area contributed by atoms with E-state index in [0.29, 0.717) is 10.1 Å². The molecule has 0 atom stereocenters. The van der Waals surface area contributed by atoms with E-state index in [1.165, 1.54) is 16.7 Å². The summed E-state index contributed by atoms with van der Waals surface area (Å²) in [5.41, 5.74) is 0. The van der Waals surface area contributed by atoms with Gasteiger partial charge in [-0.3, -0.25) is 0 Å². The van der Waals surface area contributed by atoms with E-state index in [0.717, 1.165) is 11.3 Å². The van der Waals surface area contributed by atoms with Crippen LogP contribution >= 0.6 is 22.7 Å². The summed E-state index contributed by atoms with van der Waals surface area (Å²) in [5.74, 6) is -0.239. The Morgan fingerprint density at radius 2 is 2.10 bits per heavy atom. The summed E-state index contributed by atoms with van der Waals surface area (Å²) < 4.78 is 13.3. The number of aromatic hydroxyl groups is 1. The van der Waals surface area contributed by atoms with Crippen molar-refractivity contribution in [3.05, 3.63) is 16.6 Å². The average molecular weight is 174 g/mol. The van der Waals surface area contributed by atoms with Gasteiger partial charge in [-0.25, -0.2) is 4.39 Å². The number of hydrogen-bond acceptors (Lipinski definition) is 3. The van der Waals surface area contributed by atoms with Crippen LogP contribution in [-0.4, -0.2) is 5.11 Å². The number of halogens is 1. The molecule has 0 radical (unpaired) electrons. The van der Waals surface area contributed by atoms with E-state index in [1.807, 2.05) is 0 Å². The predicted octanol–water partition coefficient (Wildman–Crippen LogP) is 2.81. The zero-order valence-corrected chi connectivity index (χ0v) is 6.43. The number of fused-ring (bicyclic) bond motifs is 1. The SMILES string of the molecule is Oc1scc2c(F)csc12. The van der Waals surface area contributed by atoms with Crippen molar-refractivity contribution in [2.75, 3.05) is 0 Å². The van der Waals surface area contributed by atoms with Crippen LogP contribution < -0.4 is 0 Å². The maximum Gasteiger partial charge on any atom is 0.189 e. The molecule has 0 aromatic carbocycles. The van der Waals surface area contributed by atoms with Crippen molar-refractivity contribution in [2.24, 2.45) is 0 Å². The molecule has 0 spiro atoms. The molecule has 0 unspecified atom stereocenters. The van der Waals surface area contributed by atoms with Crippen LogP contribution in [-0.2, 0) is 0 Å². The fraction of sp³-hybridized carbons (Fsp3) is 0. The largest absolute Gasteiger partial charge is 0.498 e. The molecule has 52 valence electrons. The Labute approximate surface area is 64.4 Å². The van der Waals surface area contributed by atoms with Crippen LogP contribution in [0.4, 0.5) is 4.39 Å². The van der Waals surface area contributed by atoms with E-state index in [4.69, 9.17) is 5.11 Å². The topological polar surface area (TPSA) is 20.2 Å². The van der Waals surface area contributed by atoms with Gasteiger partial charge in [0.05, 0.1) is 4.70 Å². The Balaban J connectivity index is 2.95. The van der Waals surface area contributed by atoms with Crippen molar-refractivity contribution in [3.8, 4) is 5.06 Å². The van der Waals surface area contributed by atoms with Gasteiger partial charge in [-0.1, -0.05) is 0 Å². The van der Waals surface area contributed by atoms with Gasteiger partial charge in [0.25, 0.3) is 0 Å². The molecule has 0 aliphatic carbocycles. The van der Waals surface area contributed by atoms with E-state index in [-0.39, 0.29) is 10.9 Å². The van der Waals surface area contributed by atoms with Gasteiger partial charge in [-0.15, -0.1) is 22.7 Å². The molecule has 2 rings (SSSR count). The summed E-state index contributed by atoms with van der Waals surface area (Å²) in [6, 6.07) is 0. The molecular formula is C6H3FOS2. The van der Waals surface area contributed by atoms with E-state index < -0.39 is 0 Å². The Morgan fingerprint density at radius 3 is 2.80 bits per heavy atom. The first-order chi connectivity index (χ1) is 4.79. The van der Waals surface area contributed by atoms with Gasteiger partial charge in [-0.2, -0.15) is 0 Å². The highest BCUT2D eigenvalue weighted by molar-refractivity contribution is 7.23. The third kappa shape index (κ3) is 0.660. The first-order valence-corrected chi connectivity index (χ1v) is 4.38. The van der Waals surface area contributed by atoms with Gasteiger partial charge in [-0.05, 0) is 0 Å². The van der Waals surface area contributed by atoms with Crippen molar-refractivity contribution >= 4 is 32.8 Å². The number of thiophene rings is 2. The minimum Gasteiger partial charge on any atom is -0.498 e. The van der Waals surface area contributed by atoms with Crippen LogP contribution in [0.25, 0.3) is 10.1 Å². The number of rotatable bonds is 0. The van der Waals surface area contributed by atoms with Crippen molar-refractivity contribution in [2.45, 2.75) is 0 Å². The molecule has 2 aromatic rings. The van der Waals surface area contributed by atoms with Crippen molar-refractivity contribution in [1.82, 2.24) is 0 Å². The Kier molecular flexibility index (Phi) is 1.18. The third-order valence-electron chi connectivity index (χ3n) is 1.26. The van der Waals surface area contributed by atoms with Crippen LogP contribution in [0.2, 0.25) is 0 Å². The zero-order valence-electron chi connectivity index (χ0n) is 4.80. The standard InChI is InChI=1S/C6H3FOS2/c7-4-2-9-5-3(4)1-10-6(5)8/h1-2,8H. The summed E-state index contributed by atoms with van der Waals surface area (Å²) in [4.78, 5) is 0. The maximum absolute atomic E-state index is 12.7. The number of hydrogen-bond donors (Lipinski definition) is 1. The van der Waals surface area contributed by atoms with Crippen molar-refractivity contribution < 1.29 is 9.50 Å². The van der Waals surface area contributed by atoms with Crippen LogP contribution in [0, 0.1) is 5.82 Å². The zero-order chi connectivity index (χ0) is 7.14. The Morgan fingerprint density at radius 1 is 1.30 bits per heavy atom. The highest BCUT2D eigenvalue weighted by atomic mass is 32.1. The highest BCUT2D eigenvalue weighted by Crippen LogP contribution is 2.37. The molecule has 2 heterocycles. The van der Waals surface area contributed by atoms with Crippen molar-refractivity contribution in [3.63, 3.8) is 0 Å². The molecule has 0 aliphatic heterocycles. The molecule has 0 aliphatic rings. The summed E-state index contributed by atoms with van der Waals surface area (Å²) in [6.45, 7) is 0. The second-order valence-electron chi connectivity index (χ2n) is 1.87. The minimum absolute atomic E-state index is 0.212. The van der Waals surface area contributed by atoms with Gasteiger partial charge in [0.2, 0.25) is 0 Å². The van der Waals surface area contributed by atoms with Crippen LogP contribution in [0.15, 0.2) is 10.8 Å². The average Bonchev–Trinajstić information content (AvgIpc) is 2.41.